The molecule has 60 heavy (non-hydrogen) atoms. The van der Waals surface area contributed by atoms with Crippen LogP contribution in [0, 0.1) is 11.8 Å². The number of rotatable bonds is 26. The van der Waals surface area contributed by atoms with Crippen LogP contribution in [0.5, 0.6) is 0 Å². The van der Waals surface area contributed by atoms with E-state index in [-0.39, 0.29) is 67.0 Å². The summed E-state index contributed by atoms with van der Waals surface area (Å²) in [5.41, 5.74) is 0. The minimum Gasteiger partial charge on any atom is -0.747 e. The zero-order chi connectivity index (χ0) is 46.4. The van der Waals surface area contributed by atoms with Gasteiger partial charge in [0.05, 0.1) is 19.6 Å². The summed E-state index contributed by atoms with van der Waals surface area (Å²) < 4.78 is 264. The van der Waals surface area contributed by atoms with Gasteiger partial charge in [0.25, 0.3) is 0 Å². The summed E-state index contributed by atoms with van der Waals surface area (Å²) in [6.07, 6.45) is -4.75. The van der Waals surface area contributed by atoms with Gasteiger partial charge in [0.15, 0.2) is 5.25 Å². The van der Waals surface area contributed by atoms with Crippen molar-refractivity contribution in [2.24, 2.45) is 11.8 Å². The van der Waals surface area contributed by atoms with Crippen LogP contribution >= 0.6 is 12.4 Å². The maximum atomic E-state index is 13.4. The monoisotopic (exact) mass is 971 g/mol. The maximum Gasteiger partial charge on any atom is 1.00 e. The number of carbonyl (C=O) groups is 2. The molecule has 1 N–H and O–H groups in total. The van der Waals surface area contributed by atoms with Gasteiger partial charge in [-0.3, -0.25) is 9.59 Å². The molecule has 0 amide bonds. The second-order valence-electron chi connectivity index (χ2n) is 13.2. The van der Waals surface area contributed by atoms with Crippen LogP contribution in [0.1, 0.15) is 98.3 Å². The first-order valence-corrected chi connectivity index (χ1v) is 19.1. The molecule has 0 bridgehead atoms. The Labute approximate surface area is 364 Å². The number of esters is 2. The van der Waals surface area contributed by atoms with E-state index in [1.165, 1.54) is 0 Å². The van der Waals surface area contributed by atoms with E-state index in [0.29, 0.717) is 0 Å². The molecule has 0 fully saturated rings. The fourth-order valence-electron chi connectivity index (χ4n) is 4.65. The Bertz CT molecular complexity index is 1380. The fraction of sp³-hybridized carbons (Fsp3) is 0.938. The van der Waals surface area contributed by atoms with Crippen LogP contribution in [0.2, 0.25) is 0 Å². The molecule has 0 saturated heterocycles. The summed E-state index contributed by atoms with van der Waals surface area (Å²) in [5, 5.41) is -0.0434. The van der Waals surface area contributed by atoms with Crippen molar-refractivity contribution in [3.8, 4) is 0 Å². The Morgan fingerprint density at radius 1 is 0.617 bits per heavy atom. The zero-order valence-electron chi connectivity index (χ0n) is 33.2. The van der Waals surface area contributed by atoms with E-state index in [1.54, 1.807) is 0 Å². The van der Waals surface area contributed by atoms with E-state index in [1.807, 2.05) is 19.2 Å². The van der Waals surface area contributed by atoms with Crippen LogP contribution in [0.15, 0.2) is 0 Å². The number of alkyl halides is 17. The van der Waals surface area contributed by atoms with Crippen LogP contribution in [0.3, 0.4) is 0 Å². The van der Waals surface area contributed by atoms with Gasteiger partial charge in [-0.25, -0.2) is 8.42 Å². The number of unbranched alkanes of at least 4 members (excludes halogenated alkanes) is 2. The standard InChI is InChI=1S/C20H38O7S.C12H10F17N.ClH.Na/c1-5-9-11-16(7-3)14-26-19(21)13-18(28(23,24)25)20(22)27-15-17(8-4)12-10-6-2;1-30-4-2-3-5(13,14)6(15,16)7(17,18)8(19,20)9(21,22)10(23,24)11(25,26)12(27,28)29;;/h16-18H,5-15H2,1-4H3,(H,23,24,25);30H,2-4H2,1H3;1H;/q;;;+1/p-1. The Hall–Kier alpha value is -1.09. The van der Waals surface area contributed by atoms with Gasteiger partial charge in [0.1, 0.15) is 10.1 Å². The number of hydrogen-bond acceptors (Lipinski definition) is 8. The van der Waals surface area contributed by atoms with E-state index in [4.69, 9.17) is 9.47 Å². The first-order chi connectivity index (χ1) is 26.0. The van der Waals surface area contributed by atoms with Gasteiger partial charge in [-0.15, -0.1) is 12.4 Å². The van der Waals surface area contributed by atoms with Crippen molar-refractivity contribution >= 4 is 34.5 Å². The van der Waals surface area contributed by atoms with Crippen LogP contribution in [0.25, 0.3) is 0 Å². The molecule has 0 aliphatic carbocycles. The molecule has 0 rings (SSSR count). The number of nitrogens with one attached hydrogen (secondary N) is 1. The molecule has 0 aliphatic rings. The first kappa shape index (κ1) is 65.5. The number of halogens is 18. The second-order valence-corrected chi connectivity index (χ2v) is 14.7. The first-order valence-electron chi connectivity index (χ1n) is 17.6. The van der Waals surface area contributed by atoms with Gasteiger partial charge in [-0.05, 0) is 44.7 Å². The molecule has 0 radical (unpaired) electrons. The second kappa shape index (κ2) is 26.0. The molecule has 28 heteroatoms. The zero-order valence-corrected chi connectivity index (χ0v) is 36.9. The Kier molecular flexibility index (Phi) is 28.4. The summed E-state index contributed by atoms with van der Waals surface area (Å²) >= 11 is 0. The Balaban J connectivity index is -0.000000507. The topological polar surface area (TPSA) is 122 Å². The fourth-order valence-corrected chi connectivity index (χ4v) is 5.30. The molecule has 0 heterocycles. The molecular formula is C32H48ClF17NNaO7S. The molecule has 0 aromatic heterocycles. The third-order valence-corrected chi connectivity index (χ3v) is 9.75. The molecule has 0 aliphatic heterocycles. The molecule has 0 saturated carbocycles. The smallest absolute Gasteiger partial charge is 0.747 e. The average Bonchev–Trinajstić information content (AvgIpc) is 3.09. The summed E-state index contributed by atoms with van der Waals surface area (Å²) in [7, 11) is -4.00. The minimum absolute atomic E-state index is 0. The largest absolute Gasteiger partial charge is 1.00 e. The van der Waals surface area contributed by atoms with Crippen molar-refractivity contribution in [2.75, 3.05) is 26.8 Å². The third-order valence-electron chi connectivity index (χ3n) is 8.70. The van der Waals surface area contributed by atoms with E-state index in [9.17, 15) is 97.2 Å². The molecule has 0 aromatic rings. The Morgan fingerprint density at radius 2 is 0.983 bits per heavy atom. The van der Waals surface area contributed by atoms with E-state index in [0.717, 1.165) is 58.4 Å². The summed E-state index contributed by atoms with van der Waals surface area (Å²) in [5.74, 6) is -57.5. The van der Waals surface area contributed by atoms with Crippen LogP contribution in [0.4, 0.5) is 74.6 Å². The molecule has 356 valence electrons. The van der Waals surface area contributed by atoms with Gasteiger partial charge in [0.2, 0.25) is 0 Å². The minimum atomic E-state index is -8.58. The van der Waals surface area contributed by atoms with E-state index < -0.39 is 101 Å². The number of hydrogen-bond donors (Lipinski definition) is 1. The van der Waals surface area contributed by atoms with Gasteiger partial charge in [-0.2, -0.15) is 74.6 Å². The van der Waals surface area contributed by atoms with Crippen molar-refractivity contribution in [2.45, 2.75) is 151 Å². The van der Waals surface area contributed by atoms with Crippen molar-refractivity contribution in [3.05, 3.63) is 0 Å². The normalized spacial score (nSPS) is 15.1. The summed E-state index contributed by atoms with van der Waals surface area (Å²) in [6.45, 7) is 7.63. The van der Waals surface area contributed by atoms with Crippen molar-refractivity contribution in [1.29, 1.82) is 0 Å². The Morgan fingerprint density at radius 3 is 1.32 bits per heavy atom. The molecule has 3 atom stereocenters. The van der Waals surface area contributed by atoms with Crippen molar-refractivity contribution in [3.63, 3.8) is 0 Å². The molecule has 8 nitrogen and oxygen atoms in total. The van der Waals surface area contributed by atoms with Crippen molar-refractivity contribution in [1.82, 2.24) is 5.32 Å². The molecular weight excluding hydrogens is 924 g/mol. The predicted octanol–water partition coefficient (Wildman–Crippen LogP) is 7.23. The van der Waals surface area contributed by atoms with Gasteiger partial charge >= 0.3 is 89.1 Å². The summed E-state index contributed by atoms with van der Waals surface area (Å²) in [4.78, 5) is 24.1. The van der Waals surface area contributed by atoms with Crippen LogP contribution < -0.4 is 34.9 Å². The van der Waals surface area contributed by atoms with Crippen LogP contribution in [-0.2, 0) is 29.2 Å². The summed E-state index contributed by atoms with van der Waals surface area (Å²) in [6, 6.07) is 0. The SMILES string of the molecule is CCCCC(CC)COC(=O)CC(C(=O)OCC(CC)CCCC)S(=O)(=O)[O-].CNCCCC(F)(F)C(F)(F)C(F)(F)C(F)(F)C(F)(F)C(F)(F)C(F)(F)C(F)(F)F.Cl.[Na+]. The molecule has 0 aromatic carbocycles. The number of carbonyl (C=O) groups excluding carboxylic acids is 2. The number of ether oxygens (including phenoxy) is 2. The quantitative estimate of drug-likeness (QED) is 0.0317. The molecule has 3 unspecified atom stereocenters. The van der Waals surface area contributed by atoms with E-state index in [2.05, 4.69) is 13.8 Å². The third kappa shape index (κ3) is 16.5. The van der Waals surface area contributed by atoms with E-state index >= 15 is 0 Å². The molecule has 0 spiro atoms. The predicted molar refractivity (Wildman–Crippen MR) is 178 cm³/mol. The van der Waals surface area contributed by atoms with Crippen molar-refractivity contribution < 1.29 is 136 Å². The van der Waals surface area contributed by atoms with Gasteiger partial charge in [0, 0.05) is 6.42 Å². The van der Waals surface area contributed by atoms with Gasteiger partial charge < -0.3 is 19.3 Å². The average molecular weight is 972 g/mol. The maximum absolute atomic E-state index is 13.4. The van der Waals surface area contributed by atoms with Gasteiger partial charge in [-0.1, -0.05) is 66.2 Å². The van der Waals surface area contributed by atoms with Crippen LogP contribution in [-0.4, -0.2) is 105 Å².